The van der Waals surface area contributed by atoms with Crippen LogP contribution in [0.15, 0.2) is 60.1 Å². The topological polar surface area (TPSA) is 175 Å². The van der Waals surface area contributed by atoms with Gasteiger partial charge in [0.25, 0.3) is 11.8 Å². The first-order valence-corrected chi connectivity index (χ1v) is 12.1. The Morgan fingerprint density at radius 2 is 1.95 bits per heavy atom. The summed E-state index contributed by atoms with van der Waals surface area (Å²) in [4.78, 5) is 67.0. The van der Waals surface area contributed by atoms with Gasteiger partial charge in [0.2, 0.25) is 5.91 Å². The molecule has 0 saturated carbocycles. The van der Waals surface area contributed by atoms with Crippen LogP contribution in [0, 0.1) is 0 Å². The molecule has 0 aliphatic carbocycles. The fraction of sp³-hybridized carbons (Fsp3) is 0.250. The third-order valence-corrected chi connectivity index (χ3v) is 7.05. The van der Waals surface area contributed by atoms with E-state index >= 15 is 0 Å². The van der Waals surface area contributed by atoms with Gasteiger partial charge in [-0.05, 0) is 11.6 Å². The van der Waals surface area contributed by atoms with Crippen LogP contribution in [-0.4, -0.2) is 73.5 Å². The summed E-state index contributed by atoms with van der Waals surface area (Å²) in [6.07, 6.45) is 2.46. The number of amides is 3. The average Bonchev–Trinajstić information content (AvgIpc) is 2.88. The average molecular weight is 527 g/mol. The van der Waals surface area contributed by atoms with Gasteiger partial charge in [0.1, 0.15) is 35.5 Å². The summed E-state index contributed by atoms with van der Waals surface area (Å²) in [7, 11) is 0. The fourth-order valence-electron chi connectivity index (χ4n) is 3.94. The van der Waals surface area contributed by atoms with Crippen LogP contribution in [0.3, 0.4) is 0 Å². The largest absolute Gasteiger partial charge is 0.507 e. The van der Waals surface area contributed by atoms with Gasteiger partial charge in [-0.2, -0.15) is 0 Å². The first-order chi connectivity index (χ1) is 17.7. The lowest BCUT2D eigenvalue weighted by Gasteiger charge is -2.49. The van der Waals surface area contributed by atoms with E-state index in [1.807, 2.05) is 0 Å². The maximum atomic E-state index is 13.3. The SMILES string of the molecule is CC(=O)OCC1=C(C(=O)O)N2C(=O)[C@@H](NC(=O)C(NC(=O)c3cnccc3O)c3ccccc3)[C@H]2SC1. The zero-order valence-corrected chi connectivity index (χ0v) is 20.2. The van der Waals surface area contributed by atoms with Crippen LogP contribution in [0.2, 0.25) is 0 Å². The van der Waals surface area contributed by atoms with E-state index in [2.05, 4.69) is 15.6 Å². The number of hydrogen-bond donors (Lipinski definition) is 4. The molecule has 2 aliphatic rings. The fourth-order valence-corrected chi connectivity index (χ4v) is 5.26. The Hall–Kier alpha value is -4.39. The number of pyridine rings is 1. The number of rotatable bonds is 8. The number of aliphatic carboxylic acids is 1. The minimum absolute atomic E-state index is 0.137. The summed E-state index contributed by atoms with van der Waals surface area (Å²) in [6, 6.07) is 7.27. The van der Waals surface area contributed by atoms with Crippen molar-refractivity contribution in [3.8, 4) is 5.75 Å². The molecular weight excluding hydrogens is 504 g/mol. The molecule has 0 spiro atoms. The monoisotopic (exact) mass is 526 g/mol. The molecule has 4 rings (SSSR count). The number of hydrogen-bond acceptors (Lipinski definition) is 9. The number of ether oxygens (including phenoxy) is 1. The highest BCUT2D eigenvalue weighted by Gasteiger charge is 2.54. The summed E-state index contributed by atoms with van der Waals surface area (Å²) < 4.78 is 4.91. The lowest BCUT2D eigenvalue weighted by molar-refractivity contribution is -0.151. The summed E-state index contributed by atoms with van der Waals surface area (Å²) in [5, 5.41) is 24.1. The number of carbonyl (C=O) groups is 5. The number of nitrogens with zero attached hydrogens (tertiary/aromatic N) is 2. The van der Waals surface area contributed by atoms with Crippen molar-refractivity contribution in [2.75, 3.05) is 12.4 Å². The van der Waals surface area contributed by atoms with Gasteiger partial charge < -0.3 is 25.6 Å². The molecule has 0 radical (unpaired) electrons. The third kappa shape index (κ3) is 5.26. The van der Waals surface area contributed by atoms with Crippen molar-refractivity contribution in [1.29, 1.82) is 0 Å². The molecule has 3 heterocycles. The molecule has 1 saturated heterocycles. The number of nitrogens with one attached hydrogen (secondary N) is 2. The second kappa shape index (κ2) is 10.7. The lowest BCUT2D eigenvalue weighted by atomic mass is 10.0. The molecule has 3 amide bonds. The van der Waals surface area contributed by atoms with E-state index in [1.165, 1.54) is 30.9 Å². The summed E-state index contributed by atoms with van der Waals surface area (Å²) in [5.41, 5.74) is 0.279. The van der Waals surface area contributed by atoms with E-state index in [9.17, 15) is 34.2 Å². The predicted octanol–water partition coefficient (Wildman–Crippen LogP) is 0.560. The molecule has 3 atom stereocenters. The standard InChI is InChI=1S/C24H22N4O8S/c1-12(29)36-10-14-11-37-23-18(22(33)28(23)19(14)24(34)35)27-21(32)17(13-5-3-2-4-6-13)26-20(31)15-9-25-8-7-16(15)30/h2-9,17-18,23H,10-11H2,1H3,(H,25,30)(H,26,31)(H,27,32)(H,34,35)/t17?,18-,23-/m1/s1. The second-order valence-corrected chi connectivity index (χ2v) is 9.25. The zero-order chi connectivity index (χ0) is 26.7. The van der Waals surface area contributed by atoms with E-state index < -0.39 is 47.1 Å². The van der Waals surface area contributed by atoms with E-state index in [4.69, 9.17) is 4.74 Å². The molecule has 2 aliphatic heterocycles. The van der Waals surface area contributed by atoms with Crippen LogP contribution >= 0.6 is 11.8 Å². The normalized spacial score (nSPS) is 19.3. The maximum Gasteiger partial charge on any atom is 0.352 e. The second-order valence-electron chi connectivity index (χ2n) is 8.14. The van der Waals surface area contributed by atoms with Crippen molar-refractivity contribution in [3.05, 3.63) is 71.2 Å². The molecule has 2 aromatic rings. The molecule has 0 bridgehead atoms. The number of carboxylic acid groups (broad SMARTS) is 1. The van der Waals surface area contributed by atoms with Crippen molar-refractivity contribution in [1.82, 2.24) is 20.5 Å². The van der Waals surface area contributed by atoms with Gasteiger partial charge in [-0.3, -0.25) is 29.1 Å². The number of benzene rings is 1. The smallest absolute Gasteiger partial charge is 0.352 e. The van der Waals surface area contributed by atoms with Crippen LogP contribution < -0.4 is 10.6 Å². The summed E-state index contributed by atoms with van der Waals surface area (Å²) in [5.74, 6) is -4.18. The van der Waals surface area contributed by atoms with Crippen LogP contribution in [0.1, 0.15) is 28.9 Å². The number of aromatic hydroxyl groups is 1. The number of carbonyl (C=O) groups excluding carboxylic acids is 4. The highest BCUT2D eigenvalue weighted by atomic mass is 32.2. The predicted molar refractivity (Wildman–Crippen MR) is 129 cm³/mol. The Balaban J connectivity index is 1.53. The molecule has 1 fully saturated rings. The van der Waals surface area contributed by atoms with Crippen LogP contribution in [-0.2, 0) is 23.9 Å². The quantitative estimate of drug-likeness (QED) is 0.281. The number of β-lactam (4-membered cyclic amide) rings is 1. The van der Waals surface area contributed by atoms with E-state index in [-0.39, 0.29) is 34.9 Å². The summed E-state index contributed by atoms with van der Waals surface area (Å²) in [6.45, 7) is 0.929. The molecule has 4 N–H and O–H groups in total. The molecule has 1 aromatic carbocycles. The van der Waals surface area contributed by atoms with Gasteiger partial charge in [0.15, 0.2) is 0 Å². The highest BCUT2D eigenvalue weighted by molar-refractivity contribution is 8.00. The molecular formula is C24H22N4O8S. The molecule has 12 nitrogen and oxygen atoms in total. The molecule has 192 valence electrons. The summed E-state index contributed by atoms with van der Waals surface area (Å²) >= 11 is 1.22. The molecule has 13 heteroatoms. The van der Waals surface area contributed by atoms with Crippen LogP contribution in [0.5, 0.6) is 5.75 Å². The van der Waals surface area contributed by atoms with Crippen molar-refractivity contribution in [2.45, 2.75) is 24.4 Å². The van der Waals surface area contributed by atoms with Gasteiger partial charge in [-0.1, -0.05) is 30.3 Å². The van der Waals surface area contributed by atoms with Crippen molar-refractivity contribution >= 4 is 41.4 Å². The molecule has 1 aromatic heterocycles. The number of thioether (sulfide) groups is 1. The van der Waals surface area contributed by atoms with Crippen LogP contribution in [0.25, 0.3) is 0 Å². The van der Waals surface area contributed by atoms with Crippen molar-refractivity contribution in [2.24, 2.45) is 0 Å². The Morgan fingerprint density at radius 1 is 1.22 bits per heavy atom. The van der Waals surface area contributed by atoms with Crippen LogP contribution in [0.4, 0.5) is 0 Å². The van der Waals surface area contributed by atoms with E-state index in [1.54, 1.807) is 30.3 Å². The Bertz CT molecular complexity index is 1300. The highest BCUT2D eigenvalue weighted by Crippen LogP contribution is 2.40. The van der Waals surface area contributed by atoms with Crippen molar-refractivity contribution < 1.29 is 38.9 Å². The zero-order valence-electron chi connectivity index (χ0n) is 19.4. The van der Waals surface area contributed by atoms with Gasteiger partial charge in [0.05, 0.1) is 5.56 Å². The Morgan fingerprint density at radius 3 is 2.59 bits per heavy atom. The maximum absolute atomic E-state index is 13.3. The molecule has 37 heavy (non-hydrogen) atoms. The Labute approximate surface area is 214 Å². The lowest BCUT2D eigenvalue weighted by Crippen LogP contribution is -2.71. The Kier molecular flexibility index (Phi) is 7.43. The van der Waals surface area contributed by atoms with Gasteiger partial charge in [0, 0.05) is 30.6 Å². The number of esters is 1. The number of carboxylic acids is 1. The number of aromatic nitrogens is 1. The van der Waals surface area contributed by atoms with Gasteiger partial charge in [-0.15, -0.1) is 11.8 Å². The van der Waals surface area contributed by atoms with Gasteiger partial charge in [-0.25, -0.2) is 4.79 Å². The minimum Gasteiger partial charge on any atom is -0.507 e. The van der Waals surface area contributed by atoms with E-state index in [0.29, 0.717) is 5.56 Å². The first-order valence-electron chi connectivity index (χ1n) is 11.0. The van der Waals surface area contributed by atoms with Gasteiger partial charge >= 0.3 is 11.9 Å². The third-order valence-electron chi connectivity index (χ3n) is 5.71. The van der Waals surface area contributed by atoms with E-state index in [0.717, 1.165) is 11.1 Å². The minimum atomic E-state index is -1.35. The first kappa shape index (κ1) is 25.7. The number of fused-ring (bicyclic) bond motifs is 1. The van der Waals surface area contributed by atoms with Crippen molar-refractivity contribution in [3.63, 3.8) is 0 Å². The molecule has 1 unspecified atom stereocenters.